The van der Waals surface area contributed by atoms with Gasteiger partial charge >= 0.3 is 0 Å². The zero-order valence-electron chi connectivity index (χ0n) is 11.0. The maximum absolute atomic E-state index is 5.76. The summed E-state index contributed by atoms with van der Waals surface area (Å²) in [5.41, 5.74) is 1.40. The second-order valence-electron chi connectivity index (χ2n) is 4.98. The van der Waals surface area contributed by atoms with Crippen molar-refractivity contribution in [1.82, 2.24) is 4.90 Å². The molecule has 1 aliphatic rings. The first-order valence-corrected chi connectivity index (χ1v) is 8.29. The van der Waals surface area contributed by atoms with E-state index in [1.165, 1.54) is 15.8 Å². The highest BCUT2D eigenvalue weighted by Crippen LogP contribution is 2.31. The fourth-order valence-corrected chi connectivity index (χ4v) is 3.68. The van der Waals surface area contributed by atoms with Gasteiger partial charge in [0, 0.05) is 47.8 Å². The van der Waals surface area contributed by atoms with Crippen LogP contribution < -0.4 is 4.90 Å². The zero-order chi connectivity index (χ0) is 13.1. The maximum Gasteiger partial charge on any atom is 0.0455 e. The summed E-state index contributed by atoms with van der Waals surface area (Å²) in [5, 5.41) is 3.59. The summed E-state index contributed by atoms with van der Waals surface area (Å²) in [6, 6.07) is 8.88. The van der Waals surface area contributed by atoms with Gasteiger partial charge in [-0.05, 0) is 36.5 Å². The van der Waals surface area contributed by atoms with Crippen molar-refractivity contribution in [3.63, 3.8) is 0 Å². The lowest BCUT2D eigenvalue weighted by Crippen LogP contribution is -2.46. The molecule has 0 bridgehead atoms. The molecular weight excluding hydrogens is 276 g/mol. The highest BCUT2D eigenvalue weighted by atomic mass is 35.5. The molecule has 1 aliphatic heterocycles. The molecule has 19 heavy (non-hydrogen) atoms. The van der Waals surface area contributed by atoms with Crippen LogP contribution in [0.15, 0.2) is 29.6 Å². The number of alkyl halides is 1. The standard InChI is InChI=1S/C15H19ClN2S/c16-6-2-7-17-8-10-18(11-9-17)14-3-1-4-15-13(14)5-12-19-15/h1,3-5,12H,2,6-11H2. The number of anilines is 1. The summed E-state index contributed by atoms with van der Waals surface area (Å²) in [4.78, 5) is 5.04. The van der Waals surface area contributed by atoms with E-state index in [0.29, 0.717) is 0 Å². The Kier molecular flexibility index (Phi) is 4.26. The van der Waals surface area contributed by atoms with Crippen LogP contribution >= 0.6 is 22.9 Å². The lowest BCUT2D eigenvalue weighted by atomic mass is 10.2. The number of benzene rings is 1. The van der Waals surface area contributed by atoms with Gasteiger partial charge in [-0.3, -0.25) is 4.90 Å². The van der Waals surface area contributed by atoms with Crippen LogP contribution in [0, 0.1) is 0 Å². The third-order valence-electron chi connectivity index (χ3n) is 3.79. The summed E-state index contributed by atoms with van der Waals surface area (Å²) in [6.07, 6.45) is 1.10. The van der Waals surface area contributed by atoms with Gasteiger partial charge in [0.1, 0.15) is 0 Å². The third-order valence-corrected chi connectivity index (χ3v) is 4.94. The van der Waals surface area contributed by atoms with Gasteiger partial charge in [-0.1, -0.05) is 6.07 Å². The average Bonchev–Trinajstić information content (AvgIpc) is 2.94. The van der Waals surface area contributed by atoms with E-state index >= 15 is 0 Å². The summed E-state index contributed by atoms with van der Waals surface area (Å²) in [5.74, 6) is 0.772. The van der Waals surface area contributed by atoms with E-state index in [0.717, 1.165) is 45.0 Å². The van der Waals surface area contributed by atoms with Crippen molar-refractivity contribution in [2.24, 2.45) is 0 Å². The molecule has 2 aromatic rings. The summed E-state index contributed by atoms with van der Waals surface area (Å²) in [7, 11) is 0. The Morgan fingerprint density at radius 1 is 1.11 bits per heavy atom. The van der Waals surface area contributed by atoms with Gasteiger partial charge in [0.25, 0.3) is 0 Å². The number of hydrogen-bond acceptors (Lipinski definition) is 3. The monoisotopic (exact) mass is 294 g/mol. The molecule has 0 unspecified atom stereocenters. The molecular formula is C15H19ClN2S. The van der Waals surface area contributed by atoms with Crippen molar-refractivity contribution in [1.29, 1.82) is 0 Å². The lowest BCUT2D eigenvalue weighted by molar-refractivity contribution is 0.259. The second-order valence-corrected chi connectivity index (χ2v) is 6.31. The van der Waals surface area contributed by atoms with Crippen molar-refractivity contribution in [2.45, 2.75) is 6.42 Å². The van der Waals surface area contributed by atoms with Crippen LogP contribution in [0.25, 0.3) is 10.1 Å². The minimum atomic E-state index is 0.772. The SMILES string of the molecule is ClCCCN1CCN(c2cccc3sccc23)CC1. The van der Waals surface area contributed by atoms with Crippen LogP contribution in [0.2, 0.25) is 0 Å². The van der Waals surface area contributed by atoms with E-state index in [1.54, 1.807) is 0 Å². The van der Waals surface area contributed by atoms with Crippen LogP contribution in [0.1, 0.15) is 6.42 Å². The molecule has 3 rings (SSSR count). The average molecular weight is 295 g/mol. The van der Waals surface area contributed by atoms with Crippen molar-refractivity contribution >= 4 is 38.7 Å². The van der Waals surface area contributed by atoms with E-state index in [4.69, 9.17) is 11.6 Å². The summed E-state index contributed by atoms with van der Waals surface area (Å²) >= 11 is 7.59. The predicted molar refractivity (Wildman–Crippen MR) is 85.8 cm³/mol. The third kappa shape index (κ3) is 2.88. The Hall–Kier alpha value is -0.770. The Morgan fingerprint density at radius 3 is 2.74 bits per heavy atom. The smallest absolute Gasteiger partial charge is 0.0455 e. The number of piperazine rings is 1. The van der Waals surface area contributed by atoms with E-state index < -0.39 is 0 Å². The first-order valence-electron chi connectivity index (χ1n) is 6.88. The van der Waals surface area contributed by atoms with Crippen molar-refractivity contribution < 1.29 is 0 Å². The van der Waals surface area contributed by atoms with E-state index in [9.17, 15) is 0 Å². The van der Waals surface area contributed by atoms with Gasteiger partial charge in [-0.15, -0.1) is 22.9 Å². The number of nitrogens with zero attached hydrogens (tertiary/aromatic N) is 2. The first-order chi connectivity index (χ1) is 9.38. The Bertz CT molecular complexity index is 532. The van der Waals surface area contributed by atoms with Gasteiger partial charge in [-0.2, -0.15) is 0 Å². The Balaban J connectivity index is 1.69. The van der Waals surface area contributed by atoms with Gasteiger partial charge in [0.05, 0.1) is 0 Å². The van der Waals surface area contributed by atoms with E-state index in [-0.39, 0.29) is 0 Å². The highest BCUT2D eigenvalue weighted by molar-refractivity contribution is 7.17. The lowest BCUT2D eigenvalue weighted by Gasteiger charge is -2.36. The van der Waals surface area contributed by atoms with Gasteiger partial charge in [0.2, 0.25) is 0 Å². The molecule has 1 aromatic carbocycles. The number of fused-ring (bicyclic) bond motifs is 1. The zero-order valence-corrected chi connectivity index (χ0v) is 12.6. The fourth-order valence-electron chi connectivity index (χ4n) is 2.75. The number of thiophene rings is 1. The normalized spacial score (nSPS) is 17.2. The molecule has 1 saturated heterocycles. The van der Waals surface area contributed by atoms with Gasteiger partial charge in [0.15, 0.2) is 0 Å². The van der Waals surface area contributed by atoms with Crippen LogP contribution in [0.5, 0.6) is 0 Å². The number of rotatable bonds is 4. The highest BCUT2D eigenvalue weighted by Gasteiger charge is 2.18. The molecule has 0 saturated carbocycles. The van der Waals surface area contributed by atoms with Crippen molar-refractivity contribution in [3.8, 4) is 0 Å². The molecule has 0 aliphatic carbocycles. The van der Waals surface area contributed by atoms with Crippen LogP contribution in [0.3, 0.4) is 0 Å². The van der Waals surface area contributed by atoms with Crippen LogP contribution in [0.4, 0.5) is 5.69 Å². The number of hydrogen-bond donors (Lipinski definition) is 0. The molecule has 1 aromatic heterocycles. The minimum absolute atomic E-state index is 0.772. The van der Waals surface area contributed by atoms with Gasteiger partial charge in [-0.25, -0.2) is 0 Å². The van der Waals surface area contributed by atoms with E-state index in [1.807, 2.05) is 11.3 Å². The first kappa shape index (κ1) is 13.2. The van der Waals surface area contributed by atoms with Crippen LogP contribution in [-0.4, -0.2) is 43.5 Å². The largest absolute Gasteiger partial charge is 0.368 e. The quantitative estimate of drug-likeness (QED) is 0.794. The molecule has 0 N–H and O–H groups in total. The summed E-state index contributed by atoms with van der Waals surface area (Å²) in [6.45, 7) is 5.68. The molecule has 2 nitrogen and oxygen atoms in total. The molecule has 4 heteroatoms. The molecule has 0 radical (unpaired) electrons. The number of halogens is 1. The second kappa shape index (κ2) is 6.12. The Labute approximate surface area is 123 Å². The molecule has 102 valence electrons. The molecule has 2 heterocycles. The van der Waals surface area contributed by atoms with E-state index in [2.05, 4.69) is 39.4 Å². The van der Waals surface area contributed by atoms with Crippen LogP contribution in [-0.2, 0) is 0 Å². The van der Waals surface area contributed by atoms with Crippen molar-refractivity contribution in [3.05, 3.63) is 29.6 Å². The van der Waals surface area contributed by atoms with Gasteiger partial charge < -0.3 is 4.90 Å². The Morgan fingerprint density at radius 2 is 1.95 bits per heavy atom. The molecule has 0 amide bonds. The molecule has 0 spiro atoms. The predicted octanol–water partition coefficient (Wildman–Crippen LogP) is 3.65. The van der Waals surface area contributed by atoms with Crippen molar-refractivity contribution in [2.75, 3.05) is 43.5 Å². The fraction of sp³-hybridized carbons (Fsp3) is 0.467. The molecule has 0 atom stereocenters. The topological polar surface area (TPSA) is 6.48 Å². The minimum Gasteiger partial charge on any atom is -0.368 e. The maximum atomic E-state index is 5.76. The summed E-state index contributed by atoms with van der Waals surface area (Å²) < 4.78 is 1.39. The molecule has 1 fully saturated rings.